The molecule has 7 unspecified atom stereocenters. The second kappa shape index (κ2) is 12.5. The predicted octanol–water partition coefficient (Wildman–Crippen LogP) is -1.68. The van der Waals surface area contributed by atoms with E-state index < -0.39 is 66.0 Å². The van der Waals surface area contributed by atoms with E-state index in [0.29, 0.717) is 6.42 Å². The van der Waals surface area contributed by atoms with E-state index in [1.54, 1.807) is 20.8 Å². The van der Waals surface area contributed by atoms with E-state index >= 15 is 0 Å². The first-order valence-electron chi connectivity index (χ1n) is 10.00. The first-order valence-corrected chi connectivity index (χ1v) is 10.00. The van der Waals surface area contributed by atoms with E-state index in [1.165, 1.54) is 13.8 Å². The molecule has 174 valence electrons. The number of carbonyl (C=O) groups is 4. The molecular weight excluding hydrogens is 396 g/mol. The van der Waals surface area contributed by atoms with Crippen molar-refractivity contribution in [2.75, 3.05) is 0 Å². The van der Waals surface area contributed by atoms with Gasteiger partial charge in [-0.15, -0.1) is 0 Å². The highest BCUT2D eigenvalue weighted by Gasteiger charge is 2.35. The Morgan fingerprint density at radius 2 is 1.13 bits per heavy atom. The third kappa shape index (κ3) is 8.25. The van der Waals surface area contributed by atoms with E-state index in [9.17, 15) is 34.5 Å². The van der Waals surface area contributed by atoms with Gasteiger partial charge in [-0.3, -0.25) is 14.4 Å². The minimum atomic E-state index is -1.50. The monoisotopic (exact) mass is 432 g/mol. The van der Waals surface area contributed by atoms with Crippen LogP contribution in [0.1, 0.15) is 48.0 Å². The van der Waals surface area contributed by atoms with Gasteiger partial charge in [0.2, 0.25) is 17.7 Å². The van der Waals surface area contributed by atoms with E-state index in [0.717, 1.165) is 0 Å². The Morgan fingerprint density at radius 1 is 0.767 bits per heavy atom. The van der Waals surface area contributed by atoms with Gasteiger partial charge in [0.05, 0.1) is 18.2 Å². The van der Waals surface area contributed by atoms with Gasteiger partial charge in [-0.2, -0.15) is 0 Å². The quantitative estimate of drug-likeness (QED) is 0.190. The summed E-state index contributed by atoms with van der Waals surface area (Å²) in [6.45, 7) is 9.32. The van der Waals surface area contributed by atoms with Gasteiger partial charge < -0.3 is 37.0 Å². The number of aliphatic hydroxyl groups is 2. The number of carboxylic acids is 1. The molecule has 0 aliphatic heterocycles. The molecule has 0 aromatic heterocycles. The van der Waals surface area contributed by atoms with Gasteiger partial charge in [0.25, 0.3) is 0 Å². The normalized spacial score (nSPS) is 18.3. The van der Waals surface area contributed by atoms with Crippen LogP contribution in [0.15, 0.2) is 0 Å². The maximum Gasteiger partial charge on any atom is 0.326 e. The molecule has 0 rings (SSSR count). The van der Waals surface area contributed by atoms with Crippen LogP contribution >= 0.6 is 0 Å². The number of aliphatic hydroxyl groups excluding tert-OH is 2. The molecular formula is C19H36N4O7. The molecule has 0 aliphatic rings. The molecule has 3 amide bonds. The molecule has 0 fully saturated rings. The smallest absolute Gasteiger partial charge is 0.326 e. The summed E-state index contributed by atoms with van der Waals surface area (Å²) in [5, 5.41) is 36.0. The van der Waals surface area contributed by atoms with Gasteiger partial charge in [-0.25, -0.2) is 4.79 Å². The minimum Gasteiger partial charge on any atom is -0.480 e. The third-order valence-corrected chi connectivity index (χ3v) is 4.92. The number of aliphatic carboxylic acids is 1. The Morgan fingerprint density at radius 3 is 1.43 bits per heavy atom. The van der Waals surface area contributed by atoms with E-state index in [-0.39, 0.29) is 5.92 Å². The maximum atomic E-state index is 12.6. The van der Waals surface area contributed by atoms with Gasteiger partial charge in [-0.1, -0.05) is 34.1 Å². The fourth-order valence-corrected chi connectivity index (χ4v) is 2.57. The van der Waals surface area contributed by atoms with Crippen molar-refractivity contribution in [1.82, 2.24) is 16.0 Å². The molecule has 0 radical (unpaired) electrons. The van der Waals surface area contributed by atoms with Crippen molar-refractivity contribution < 1.29 is 34.5 Å². The fraction of sp³-hybridized carbons (Fsp3) is 0.789. The number of carboxylic acid groups (broad SMARTS) is 1. The number of nitrogens with two attached hydrogens (primary N) is 1. The summed E-state index contributed by atoms with van der Waals surface area (Å²) < 4.78 is 0. The molecule has 0 aromatic carbocycles. The van der Waals surface area contributed by atoms with Crippen LogP contribution in [0.2, 0.25) is 0 Å². The maximum absolute atomic E-state index is 12.6. The van der Waals surface area contributed by atoms with Gasteiger partial charge in [0.15, 0.2) is 0 Å². The summed E-state index contributed by atoms with van der Waals surface area (Å²) >= 11 is 0. The molecule has 0 heterocycles. The van der Waals surface area contributed by atoms with Crippen molar-refractivity contribution in [3.8, 4) is 0 Å². The molecule has 11 nitrogen and oxygen atoms in total. The minimum absolute atomic E-state index is 0.164. The average molecular weight is 433 g/mol. The second-order valence-corrected chi connectivity index (χ2v) is 7.93. The average Bonchev–Trinajstić information content (AvgIpc) is 2.65. The van der Waals surface area contributed by atoms with Crippen LogP contribution < -0.4 is 21.7 Å². The summed E-state index contributed by atoms with van der Waals surface area (Å²) in [7, 11) is 0. The van der Waals surface area contributed by atoms with Crippen LogP contribution in [0.25, 0.3) is 0 Å². The SMILES string of the molecule is CCC(C)C(N)C(=O)NC(C(=O)NC(C(=O)NC(C(=O)O)C(C)C)C(C)O)C(C)O. The Kier molecular flexibility index (Phi) is 11.5. The first-order chi connectivity index (χ1) is 13.7. The molecule has 0 spiro atoms. The topological polar surface area (TPSA) is 191 Å². The van der Waals surface area contributed by atoms with Gasteiger partial charge in [-0.05, 0) is 25.7 Å². The summed E-state index contributed by atoms with van der Waals surface area (Å²) in [5.74, 6) is -4.35. The van der Waals surface area contributed by atoms with E-state index in [2.05, 4.69) is 16.0 Å². The van der Waals surface area contributed by atoms with Crippen LogP contribution in [0.3, 0.4) is 0 Å². The van der Waals surface area contributed by atoms with Crippen LogP contribution in [-0.2, 0) is 19.2 Å². The lowest BCUT2D eigenvalue weighted by atomic mass is 9.98. The lowest BCUT2D eigenvalue weighted by Gasteiger charge is -2.28. The van der Waals surface area contributed by atoms with E-state index in [1.807, 2.05) is 6.92 Å². The summed E-state index contributed by atoms with van der Waals surface area (Å²) in [4.78, 5) is 48.7. The molecule has 7 atom stereocenters. The zero-order valence-electron chi connectivity index (χ0n) is 18.4. The van der Waals surface area contributed by atoms with Crippen molar-refractivity contribution in [3.63, 3.8) is 0 Å². The number of nitrogens with one attached hydrogen (secondary N) is 3. The lowest BCUT2D eigenvalue weighted by molar-refractivity contribution is -0.144. The van der Waals surface area contributed by atoms with Crippen molar-refractivity contribution in [2.24, 2.45) is 17.6 Å². The Bertz CT molecular complexity index is 610. The zero-order valence-corrected chi connectivity index (χ0v) is 18.4. The predicted molar refractivity (Wildman–Crippen MR) is 109 cm³/mol. The standard InChI is InChI=1S/C19H36N4O7/c1-7-9(4)12(20)16(26)22-14(10(5)24)18(28)23-15(11(6)25)17(27)21-13(8(2)3)19(29)30/h8-15,24-25H,7,20H2,1-6H3,(H,21,27)(H,22,26)(H,23,28)(H,29,30). The van der Waals surface area contributed by atoms with Gasteiger partial charge >= 0.3 is 5.97 Å². The number of hydrogen-bond donors (Lipinski definition) is 7. The van der Waals surface area contributed by atoms with E-state index in [4.69, 9.17) is 5.73 Å². The number of hydrogen-bond acceptors (Lipinski definition) is 7. The van der Waals surface area contributed by atoms with Crippen LogP contribution in [-0.4, -0.2) is 75.4 Å². The van der Waals surface area contributed by atoms with Crippen molar-refractivity contribution >= 4 is 23.7 Å². The number of carbonyl (C=O) groups excluding carboxylic acids is 3. The summed E-state index contributed by atoms with van der Waals surface area (Å²) in [6, 6.07) is -5.06. The molecule has 8 N–H and O–H groups in total. The molecule has 0 saturated heterocycles. The van der Waals surface area contributed by atoms with Crippen molar-refractivity contribution in [3.05, 3.63) is 0 Å². The van der Waals surface area contributed by atoms with Crippen LogP contribution in [0, 0.1) is 11.8 Å². The molecule has 0 bridgehead atoms. The number of rotatable bonds is 12. The lowest BCUT2D eigenvalue weighted by Crippen LogP contribution is -2.62. The van der Waals surface area contributed by atoms with Gasteiger partial charge in [0, 0.05) is 0 Å². The van der Waals surface area contributed by atoms with Crippen LogP contribution in [0.4, 0.5) is 0 Å². The largest absolute Gasteiger partial charge is 0.480 e. The van der Waals surface area contributed by atoms with Crippen molar-refractivity contribution in [1.29, 1.82) is 0 Å². The molecule has 30 heavy (non-hydrogen) atoms. The van der Waals surface area contributed by atoms with Crippen LogP contribution in [0.5, 0.6) is 0 Å². The highest BCUT2D eigenvalue weighted by atomic mass is 16.4. The Labute approximate surface area is 176 Å². The second-order valence-electron chi connectivity index (χ2n) is 7.93. The Hall–Kier alpha value is -2.24. The highest BCUT2D eigenvalue weighted by molar-refractivity contribution is 5.94. The molecule has 0 aromatic rings. The molecule has 0 saturated carbocycles. The number of amides is 3. The molecule has 0 aliphatic carbocycles. The fourth-order valence-electron chi connectivity index (χ4n) is 2.57. The van der Waals surface area contributed by atoms with Gasteiger partial charge in [0.1, 0.15) is 18.1 Å². The highest BCUT2D eigenvalue weighted by Crippen LogP contribution is 2.07. The summed E-state index contributed by atoms with van der Waals surface area (Å²) in [6.07, 6.45) is -2.06. The summed E-state index contributed by atoms with van der Waals surface area (Å²) in [5.41, 5.74) is 5.84. The first kappa shape index (κ1) is 27.8. The Balaban J connectivity index is 5.39. The zero-order chi connectivity index (χ0) is 23.8. The molecule has 11 heteroatoms. The van der Waals surface area contributed by atoms with Crippen molar-refractivity contribution in [2.45, 2.75) is 84.3 Å². The third-order valence-electron chi connectivity index (χ3n) is 4.92.